The highest BCUT2D eigenvalue weighted by atomic mass is 127. The molecule has 0 saturated carbocycles. The molecule has 0 aliphatic heterocycles. The van der Waals surface area contributed by atoms with Crippen LogP contribution in [-0.2, 0) is 4.74 Å². The van der Waals surface area contributed by atoms with Crippen LogP contribution in [0.25, 0.3) is 0 Å². The fourth-order valence-corrected chi connectivity index (χ4v) is 2.31. The van der Waals surface area contributed by atoms with E-state index in [9.17, 15) is 4.79 Å². The number of carbonyl (C=O) groups is 1. The fourth-order valence-electron chi connectivity index (χ4n) is 2.31. The summed E-state index contributed by atoms with van der Waals surface area (Å²) in [7, 11) is 3.39. The lowest BCUT2D eigenvalue weighted by molar-refractivity contribution is 0.0529. The Morgan fingerprint density at radius 3 is 2.37 bits per heavy atom. The number of guanidine groups is 1. The van der Waals surface area contributed by atoms with Crippen LogP contribution in [0.5, 0.6) is 5.75 Å². The summed E-state index contributed by atoms with van der Waals surface area (Å²) in [6.07, 6.45) is -0.424. The lowest BCUT2D eigenvalue weighted by Gasteiger charge is -2.20. The molecule has 154 valence electrons. The average Bonchev–Trinajstić information content (AvgIpc) is 2.59. The van der Waals surface area contributed by atoms with Crippen LogP contribution in [0.1, 0.15) is 39.2 Å². The first kappa shape index (κ1) is 25.3. The van der Waals surface area contributed by atoms with Crippen molar-refractivity contribution in [1.29, 1.82) is 0 Å². The Balaban J connectivity index is 0.00000676. The lowest BCUT2D eigenvalue weighted by atomic mass is 10.0. The third kappa shape index (κ3) is 10.3. The number of alkyl carbamates (subject to hydrolysis) is 1. The Kier molecular flexibility index (Phi) is 11.8. The molecular weight excluding hydrogens is 459 g/mol. The van der Waals surface area contributed by atoms with Crippen LogP contribution >= 0.6 is 24.0 Å². The molecule has 8 heteroatoms. The normalized spacial score (nSPS) is 12.4. The van der Waals surface area contributed by atoms with E-state index < -0.39 is 11.7 Å². The molecule has 1 amide bonds. The van der Waals surface area contributed by atoms with Gasteiger partial charge in [-0.1, -0.05) is 25.1 Å². The molecule has 0 bridgehead atoms. The number of nitrogens with one attached hydrogen (secondary N) is 3. The number of carbonyl (C=O) groups excluding carboxylic acids is 1. The summed E-state index contributed by atoms with van der Waals surface area (Å²) >= 11 is 0. The van der Waals surface area contributed by atoms with E-state index in [2.05, 4.69) is 33.9 Å². The zero-order chi connectivity index (χ0) is 19.6. The molecule has 0 fully saturated rings. The van der Waals surface area contributed by atoms with Crippen LogP contribution in [0.2, 0.25) is 0 Å². The molecule has 0 aliphatic rings. The van der Waals surface area contributed by atoms with Crippen molar-refractivity contribution in [3.63, 3.8) is 0 Å². The molecule has 1 aromatic carbocycles. The number of para-hydroxylation sites is 1. The van der Waals surface area contributed by atoms with Gasteiger partial charge in [0.05, 0.1) is 7.11 Å². The smallest absolute Gasteiger partial charge is 0.407 e. The molecule has 1 unspecified atom stereocenters. The van der Waals surface area contributed by atoms with Crippen LogP contribution in [0.15, 0.2) is 29.3 Å². The highest BCUT2D eigenvalue weighted by Gasteiger charge is 2.15. The Hall–Kier alpha value is -1.71. The van der Waals surface area contributed by atoms with Crippen molar-refractivity contribution in [2.75, 3.05) is 33.8 Å². The zero-order valence-electron chi connectivity index (χ0n) is 17.1. The quantitative estimate of drug-likeness (QED) is 0.236. The SMILES string of the molecule is CN=C(NCCNC(=O)OC(C)(C)C)NCC(C)c1ccccc1OC.I. The van der Waals surface area contributed by atoms with E-state index in [1.807, 2.05) is 39.0 Å². The molecule has 1 atom stereocenters. The summed E-state index contributed by atoms with van der Waals surface area (Å²) in [5, 5.41) is 9.15. The predicted octanol–water partition coefficient (Wildman–Crippen LogP) is 3.11. The second-order valence-electron chi connectivity index (χ2n) is 6.95. The van der Waals surface area contributed by atoms with E-state index in [0.717, 1.165) is 11.3 Å². The maximum Gasteiger partial charge on any atom is 0.407 e. The van der Waals surface area contributed by atoms with E-state index in [4.69, 9.17) is 9.47 Å². The van der Waals surface area contributed by atoms with Gasteiger partial charge in [-0.2, -0.15) is 0 Å². The van der Waals surface area contributed by atoms with E-state index >= 15 is 0 Å². The van der Waals surface area contributed by atoms with E-state index in [-0.39, 0.29) is 29.9 Å². The van der Waals surface area contributed by atoms with Crippen LogP contribution in [0, 0.1) is 0 Å². The third-order valence-electron chi connectivity index (χ3n) is 3.55. The molecule has 0 heterocycles. The molecule has 27 heavy (non-hydrogen) atoms. The van der Waals surface area contributed by atoms with E-state index in [1.54, 1.807) is 14.2 Å². The number of rotatable bonds is 7. The number of halogens is 1. The van der Waals surface area contributed by atoms with Crippen molar-refractivity contribution in [3.05, 3.63) is 29.8 Å². The van der Waals surface area contributed by atoms with Crippen molar-refractivity contribution in [1.82, 2.24) is 16.0 Å². The summed E-state index contributed by atoms with van der Waals surface area (Å²) in [6, 6.07) is 7.98. The van der Waals surface area contributed by atoms with Gasteiger partial charge in [0.25, 0.3) is 0 Å². The Morgan fingerprint density at radius 2 is 1.78 bits per heavy atom. The molecule has 3 N–H and O–H groups in total. The highest BCUT2D eigenvalue weighted by molar-refractivity contribution is 14.0. The monoisotopic (exact) mass is 492 g/mol. The van der Waals surface area contributed by atoms with Crippen molar-refractivity contribution in [2.24, 2.45) is 4.99 Å². The van der Waals surface area contributed by atoms with Gasteiger partial charge in [0.1, 0.15) is 11.4 Å². The number of aliphatic imine (C=N–C) groups is 1. The molecule has 0 radical (unpaired) electrons. The summed E-state index contributed by atoms with van der Waals surface area (Å²) in [5.41, 5.74) is 0.647. The summed E-state index contributed by atoms with van der Waals surface area (Å²) in [4.78, 5) is 15.8. The Bertz CT molecular complexity index is 603. The maximum atomic E-state index is 11.6. The van der Waals surface area contributed by atoms with Gasteiger partial charge < -0.3 is 25.4 Å². The average molecular weight is 492 g/mol. The van der Waals surface area contributed by atoms with Crippen molar-refractivity contribution in [2.45, 2.75) is 39.2 Å². The van der Waals surface area contributed by atoms with Crippen LogP contribution in [-0.4, -0.2) is 51.4 Å². The Labute approximate surface area is 179 Å². The summed E-state index contributed by atoms with van der Waals surface area (Å²) in [5.74, 6) is 1.81. The third-order valence-corrected chi connectivity index (χ3v) is 3.55. The molecule has 7 nitrogen and oxygen atoms in total. The second-order valence-corrected chi connectivity index (χ2v) is 6.95. The molecule has 0 aliphatic carbocycles. The minimum Gasteiger partial charge on any atom is -0.496 e. The minimum atomic E-state index is -0.496. The predicted molar refractivity (Wildman–Crippen MR) is 120 cm³/mol. The van der Waals surface area contributed by atoms with Gasteiger partial charge in [0.15, 0.2) is 5.96 Å². The maximum absolute atomic E-state index is 11.6. The van der Waals surface area contributed by atoms with Gasteiger partial charge in [-0.3, -0.25) is 4.99 Å². The van der Waals surface area contributed by atoms with Crippen molar-refractivity contribution < 1.29 is 14.3 Å². The first-order chi connectivity index (χ1) is 12.3. The number of hydrogen-bond acceptors (Lipinski definition) is 4. The van der Waals surface area contributed by atoms with E-state index in [0.29, 0.717) is 25.6 Å². The van der Waals surface area contributed by atoms with Gasteiger partial charge in [-0.05, 0) is 32.4 Å². The molecule has 1 rings (SSSR count). The molecule has 1 aromatic rings. The molecule has 0 saturated heterocycles. The van der Waals surface area contributed by atoms with Crippen molar-refractivity contribution >= 4 is 36.0 Å². The zero-order valence-corrected chi connectivity index (χ0v) is 19.4. The fraction of sp³-hybridized carbons (Fsp3) is 0.579. The number of amides is 1. The molecular formula is C19H33IN4O3. The highest BCUT2D eigenvalue weighted by Crippen LogP contribution is 2.25. The van der Waals surface area contributed by atoms with E-state index in [1.165, 1.54) is 0 Å². The van der Waals surface area contributed by atoms with Gasteiger partial charge in [-0.25, -0.2) is 4.79 Å². The van der Waals surface area contributed by atoms with Crippen LogP contribution in [0.4, 0.5) is 4.79 Å². The van der Waals surface area contributed by atoms with Crippen molar-refractivity contribution in [3.8, 4) is 5.75 Å². The molecule has 0 spiro atoms. The topological polar surface area (TPSA) is 84.0 Å². The summed E-state index contributed by atoms with van der Waals surface area (Å²) in [6.45, 7) is 9.32. The first-order valence-corrected chi connectivity index (χ1v) is 8.81. The first-order valence-electron chi connectivity index (χ1n) is 8.81. The molecule has 0 aromatic heterocycles. The lowest BCUT2D eigenvalue weighted by Crippen LogP contribution is -2.43. The number of nitrogens with zero attached hydrogens (tertiary/aromatic N) is 1. The number of hydrogen-bond donors (Lipinski definition) is 3. The largest absolute Gasteiger partial charge is 0.496 e. The van der Waals surface area contributed by atoms with Crippen LogP contribution < -0.4 is 20.7 Å². The number of ether oxygens (including phenoxy) is 2. The van der Waals surface area contributed by atoms with Gasteiger partial charge in [0.2, 0.25) is 0 Å². The summed E-state index contributed by atoms with van der Waals surface area (Å²) < 4.78 is 10.6. The van der Waals surface area contributed by atoms with Crippen LogP contribution in [0.3, 0.4) is 0 Å². The standard InChI is InChI=1S/C19H32N4O3.HI/c1-14(15-9-7-8-10-16(15)25-6)13-23-17(20-5)21-11-12-22-18(24)26-19(2,3)4;/h7-10,14H,11-13H2,1-6H3,(H,22,24)(H2,20,21,23);1H. The van der Waals surface area contributed by atoms with Gasteiger partial charge >= 0.3 is 6.09 Å². The van der Waals surface area contributed by atoms with Gasteiger partial charge in [-0.15, -0.1) is 24.0 Å². The minimum absolute atomic E-state index is 0. The number of benzene rings is 1. The second kappa shape index (κ2) is 12.6. The van der Waals surface area contributed by atoms with Gasteiger partial charge in [0, 0.05) is 32.6 Å². The number of methoxy groups -OCH3 is 1. The Morgan fingerprint density at radius 1 is 1.15 bits per heavy atom.